The van der Waals surface area contributed by atoms with Gasteiger partial charge in [-0.25, -0.2) is 0 Å². The Labute approximate surface area is 95.1 Å². The van der Waals surface area contributed by atoms with E-state index in [1.54, 1.807) is 0 Å². The van der Waals surface area contributed by atoms with E-state index in [0.717, 1.165) is 17.8 Å². The van der Waals surface area contributed by atoms with Gasteiger partial charge in [0, 0.05) is 0 Å². The molecular weight excluding hydrogens is 180 g/mol. The third-order valence-corrected chi connectivity index (χ3v) is 4.61. The van der Waals surface area contributed by atoms with Crippen LogP contribution in [0.25, 0.3) is 0 Å². The van der Waals surface area contributed by atoms with E-state index in [9.17, 15) is 0 Å². The summed E-state index contributed by atoms with van der Waals surface area (Å²) < 4.78 is 0. The van der Waals surface area contributed by atoms with Crippen LogP contribution in [0.15, 0.2) is 12.2 Å². The van der Waals surface area contributed by atoms with Gasteiger partial charge in [-0.2, -0.15) is 0 Å². The summed E-state index contributed by atoms with van der Waals surface area (Å²) in [6.45, 7) is 6.52. The van der Waals surface area contributed by atoms with Crippen LogP contribution in [0.3, 0.4) is 0 Å². The molecule has 0 bridgehead atoms. The smallest absolute Gasteiger partial charge is 0.0320 e. The molecule has 0 aromatic rings. The van der Waals surface area contributed by atoms with Crippen LogP contribution in [0.1, 0.15) is 64.7 Å². The number of hydrogen-bond acceptors (Lipinski definition) is 0. The van der Waals surface area contributed by atoms with Gasteiger partial charge in [-0.3, -0.25) is 0 Å². The van der Waals surface area contributed by atoms with Crippen LogP contribution < -0.4 is 0 Å². The van der Waals surface area contributed by atoms with Gasteiger partial charge in [-0.05, 0) is 49.9 Å². The lowest BCUT2D eigenvalue weighted by Gasteiger charge is -2.31. The van der Waals surface area contributed by atoms with Crippen molar-refractivity contribution in [2.75, 3.05) is 0 Å². The Balaban J connectivity index is 1.70. The quantitative estimate of drug-likeness (QED) is 0.561. The van der Waals surface area contributed by atoms with Gasteiger partial charge in [0.05, 0.1) is 0 Å². The fraction of sp³-hybridized carbons (Fsp3) is 0.867. The van der Waals surface area contributed by atoms with Crippen LogP contribution in [0.5, 0.6) is 0 Å². The Morgan fingerprint density at radius 3 is 2.07 bits per heavy atom. The molecule has 0 nitrogen and oxygen atoms in total. The highest BCUT2D eigenvalue weighted by atomic mass is 14.3. The largest absolute Gasteiger partial charge is 0.0999 e. The standard InChI is InChI=1S/C15H26/c1-12-3-7-14(8-4-12)11-15-9-5-13(2)6-10-15/h13-15H,1,3-11H2,2H3. The van der Waals surface area contributed by atoms with Crippen molar-refractivity contribution in [2.24, 2.45) is 17.8 Å². The van der Waals surface area contributed by atoms with Gasteiger partial charge in [0.15, 0.2) is 0 Å². The average molecular weight is 206 g/mol. The van der Waals surface area contributed by atoms with Gasteiger partial charge in [-0.15, -0.1) is 0 Å². The zero-order valence-corrected chi connectivity index (χ0v) is 10.3. The highest BCUT2D eigenvalue weighted by Gasteiger charge is 2.23. The molecule has 2 aliphatic carbocycles. The van der Waals surface area contributed by atoms with Crippen molar-refractivity contribution in [3.8, 4) is 0 Å². The topological polar surface area (TPSA) is 0 Å². The zero-order chi connectivity index (χ0) is 10.7. The van der Waals surface area contributed by atoms with Crippen molar-refractivity contribution in [1.82, 2.24) is 0 Å². The maximum atomic E-state index is 4.11. The monoisotopic (exact) mass is 206 g/mol. The molecule has 2 rings (SSSR count). The molecule has 0 aliphatic heterocycles. The summed E-state index contributed by atoms with van der Waals surface area (Å²) in [5, 5.41) is 0. The number of hydrogen-bond donors (Lipinski definition) is 0. The molecule has 0 aromatic heterocycles. The summed E-state index contributed by atoms with van der Waals surface area (Å²) in [6.07, 6.45) is 13.0. The first-order valence-corrected chi connectivity index (χ1v) is 6.90. The van der Waals surface area contributed by atoms with Crippen LogP contribution >= 0.6 is 0 Å². The minimum absolute atomic E-state index is 1.01. The van der Waals surface area contributed by atoms with Gasteiger partial charge in [0.25, 0.3) is 0 Å². The molecule has 0 saturated heterocycles. The summed E-state index contributed by atoms with van der Waals surface area (Å²) in [4.78, 5) is 0. The summed E-state index contributed by atoms with van der Waals surface area (Å²) in [6, 6.07) is 0. The Morgan fingerprint density at radius 1 is 0.933 bits per heavy atom. The third kappa shape index (κ3) is 3.36. The predicted octanol–water partition coefficient (Wildman–Crippen LogP) is 4.95. The van der Waals surface area contributed by atoms with Crippen molar-refractivity contribution < 1.29 is 0 Å². The molecule has 0 heteroatoms. The highest BCUT2D eigenvalue weighted by molar-refractivity contribution is 4.98. The minimum Gasteiger partial charge on any atom is -0.0999 e. The molecule has 2 saturated carbocycles. The molecule has 15 heavy (non-hydrogen) atoms. The second-order valence-corrected chi connectivity index (χ2v) is 6.05. The molecule has 0 radical (unpaired) electrons. The summed E-state index contributed by atoms with van der Waals surface area (Å²) in [5.74, 6) is 3.11. The third-order valence-electron chi connectivity index (χ3n) is 4.61. The van der Waals surface area contributed by atoms with Gasteiger partial charge in [-0.1, -0.05) is 44.8 Å². The fourth-order valence-corrected chi connectivity index (χ4v) is 3.36. The van der Waals surface area contributed by atoms with E-state index >= 15 is 0 Å². The Bertz CT molecular complexity index is 198. The van der Waals surface area contributed by atoms with Gasteiger partial charge >= 0.3 is 0 Å². The SMILES string of the molecule is C=C1CCC(CC2CCC(C)CC2)CC1. The average Bonchev–Trinajstić information content (AvgIpc) is 2.25. The lowest BCUT2D eigenvalue weighted by molar-refractivity contribution is 0.228. The second kappa shape index (κ2) is 5.18. The molecule has 0 N–H and O–H groups in total. The molecule has 0 aromatic carbocycles. The molecule has 0 unspecified atom stereocenters. The summed E-state index contributed by atoms with van der Waals surface area (Å²) in [7, 11) is 0. The van der Waals surface area contributed by atoms with Crippen LogP contribution in [0.2, 0.25) is 0 Å². The molecule has 2 fully saturated rings. The van der Waals surface area contributed by atoms with Crippen molar-refractivity contribution in [3.63, 3.8) is 0 Å². The Hall–Kier alpha value is -0.260. The Morgan fingerprint density at radius 2 is 1.47 bits per heavy atom. The van der Waals surface area contributed by atoms with Crippen LogP contribution in [-0.2, 0) is 0 Å². The van der Waals surface area contributed by atoms with Crippen molar-refractivity contribution in [3.05, 3.63) is 12.2 Å². The van der Waals surface area contributed by atoms with Gasteiger partial charge in [0.1, 0.15) is 0 Å². The zero-order valence-electron chi connectivity index (χ0n) is 10.3. The summed E-state index contributed by atoms with van der Waals surface area (Å²) in [5.41, 5.74) is 1.50. The molecule has 0 spiro atoms. The lowest BCUT2D eigenvalue weighted by atomic mass is 9.75. The summed E-state index contributed by atoms with van der Waals surface area (Å²) >= 11 is 0. The first-order chi connectivity index (χ1) is 7.24. The lowest BCUT2D eigenvalue weighted by Crippen LogP contribution is -2.17. The molecule has 86 valence electrons. The van der Waals surface area contributed by atoms with Crippen LogP contribution in [0.4, 0.5) is 0 Å². The van der Waals surface area contributed by atoms with E-state index in [-0.39, 0.29) is 0 Å². The van der Waals surface area contributed by atoms with Gasteiger partial charge < -0.3 is 0 Å². The van der Waals surface area contributed by atoms with E-state index < -0.39 is 0 Å². The van der Waals surface area contributed by atoms with E-state index in [0.29, 0.717) is 0 Å². The Kier molecular flexibility index (Phi) is 3.88. The van der Waals surface area contributed by atoms with E-state index in [1.807, 2.05) is 0 Å². The molecule has 0 atom stereocenters. The van der Waals surface area contributed by atoms with E-state index in [2.05, 4.69) is 13.5 Å². The fourth-order valence-electron chi connectivity index (χ4n) is 3.36. The molecule has 2 aliphatic rings. The van der Waals surface area contributed by atoms with Crippen molar-refractivity contribution in [1.29, 1.82) is 0 Å². The number of allylic oxidation sites excluding steroid dienone is 1. The van der Waals surface area contributed by atoms with Gasteiger partial charge in [0.2, 0.25) is 0 Å². The first-order valence-electron chi connectivity index (χ1n) is 6.90. The van der Waals surface area contributed by atoms with E-state index in [1.165, 1.54) is 63.4 Å². The molecule has 0 heterocycles. The molecular formula is C15H26. The highest BCUT2D eigenvalue weighted by Crippen LogP contribution is 2.37. The van der Waals surface area contributed by atoms with Crippen molar-refractivity contribution in [2.45, 2.75) is 64.7 Å². The van der Waals surface area contributed by atoms with Crippen LogP contribution in [-0.4, -0.2) is 0 Å². The second-order valence-electron chi connectivity index (χ2n) is 6.05. The molecule has 0 amide bonds. The van der Waals surface area contributed by atoms with Crippen molar-refractivity contribution >= 4 is 0 Å². The first kappa shape index (κ1) is 11.2. The maximum Gasteiger partial charge on any atom is -0.0320 e. The maximum absolute atomic E-state index is 4.11. The minimum atomic E-state index is 1.01. The predicted molar refractivity (Wildman–Crippen MR) is 66.8 cm³/mol. The van der Waals surface area contributed by atoms with Crippen LogP contribution in [0, 0.1) is 17.8 Å². The van der Waals surface area contributed by atoms with E-state index in [4.69, 9.17) is 0 Å². The number of rotatable bonds is 2. The normalized spacial score (nSPS) is 34.3.